The van der Waals surface area contributed by atoms with Gasteiger partial charge in [-0.05, 0) is 68.5 Å². The summed E-state index contributed by atoms with van der Waals surface area (Å²) in [5.41, 5.74) is -5.46. The summed E-state index contributed by atoms with van der Waals surface area (Å²) in [7, 11) is 0. The molecule has 1 aromatic rings. The first-order chi connectivity index (χ1) is 16.5. The van der Waals surface area contributed by atoms with Crippen LogP contribution in [0.15, 0.2) is 24.8 Å². The maximum absolute atomic E-state index is 13.1. The summed E-state index contributed by atoms with van der Waals surface area (Å²) in [5.74, 6) is -0.934. The van der Waals surface area contributed by atoms with E-state index < -0.39 is 41.0 Å². The van der Waals surface area contributed by atoms with E-state index in [1.165, 1.54) is 0 Å². The van der Waals surface area contributed by atoms with E-state index in [1.807, 2.05) is 4.90 Å². The van der Waals surface area contributed by atoms with Crippen molar-refractivity contribution in [2.24, 2.45) is 11.3 Å². The first-order valence-electron chi connectivity index (χ1n) is 11.3. The maximum Gasteiger partial charge on any atom is 0.416 e. The van der Waals surface area contributed by atoms with Crippen LogP contribution >= 0.6 is 0 Å². The second-order valence-corrected chi connectivity index (χ2v) is 9.27. The zero-order chi connectivity index (χ0) is 26.9. The van der Waals surface area contributed by atoms with Gasteiger partial charge >= 0.3 is 18.5 Å². The summed E-state index contributed by atoms with van der Waals surface area (Å²) in [6.07, 6.45) is -13.6. The summed E-state index contributed by atoms with van der Waals surface area (Å²) >= 11 is 0. The number of hydrogen-bond donors (Lipinski definition) is 2. The van der Waals surface area contributed by atoms with Gasteiger partial charge in [-0.2, -0.15) is 39.5 Å². The molecule has 1 saturated heterocycles. The number of halogens is 9. The second kappa shape index (κ2) is 10.1. The van der Waals surface area contributed by atoms with E-state index in [-0.39, 0.29) is 49.2 Å². The van der Waals surface area contributed by atoms with E-state index in [0.717, 1.165) is 0 Å². The Morgan fingerprint density at radius 2 is 1.44 bits per heavy atom. The van der Waals surface area contributed by atoms with Gasteiger partial charge < -0.3 is 15.5 Å². The van der Waals surface area contributed by atoms with E-state index in [1.54, 1.807) is 0 Å². The van der Waals surface area contributed by atoms with Gasteiger partial charge in [-0.3, -0.25) is 4.79 Å². The summed E-state index contributed by atoms with van der Waals surface area (Å²) < 4.78 is 117. The molecular weight excluding hydrogens is 505 g/mol. The number of carbonyl (C=O) groups is 1. The minimum absolute atomic E-state index is 0.0581. The number of carbonyl (C=O) groups excluding carboxylic acids is 1. The Balaban J connectivity index is 1.45. The van der Waals surface area contributed by atoms with Crippen LogP contribution in [0.5, 0.6) is 0 Å². The molecule has 1 heterocycles. The molecule has 1 aliphatic carbocycles. The number of nitrogens with one attached hydrogen (secondary N) is 2. The van der Waals surface area contributed by atoms with E-state index in [9.17, 15) is 44.3 Å². The quantitative estimate of drug-likeness (QED) is 0.439. The van der Waals surface area contributed by atoms with Crippen LogP contribution in [0.4, 0.5) is 39.5 Å². The Morgan fingerprint density at radius 3 is 1.89 bits per heavy atom. The van der Waals surface area contributed by atoms with Crippen LogP contribution in [0, 0.1) is 11.3 Å². The molecule has 2 fully saturated rings. The number of alkyl halides is 9. The number of likely N-dealkylation sites (tertiary alicyclic amines) is 1. The molecule has 0 unspecified atom stereocenters. The predicted molar refractivity (Wildman–Crippen MR) is 113 cm³/mol. The monoisotopic (exact) mass is 531 g/mol. The van der Waals surface area contributed by atoms with Crippen LogP contribution in [0.2, 0.25) is 0 Å². The van der Waals surface area contributed by atoms with Gasteiger partial charge in [-0.1, -0.05) is 6.58 Å². The third-order valence-electron chi connectivity index (χ3n) is 6.69. The van der Waals surface area contributed by atoms with Crippen molar-refractivity contribution in [3.8, 4) is 0 Å². The molecule has 36 heavy (non-hydrogen) atoms. The van der Waals surface area contributed by atoms with Gasteiger partial charge in [0.25, 0.3) is 0 Å². The van der Waals surface area contributed by atoms with Crippen molar-refractivity contribution in [1.29, 1.82) is 0 Å². The lowest BCUT2D eigenvalue weighted by Crippen LogP contribution is -2.45. The van der Waals surface area contributed by atoms with Gasteiger partial charge in [0.2, 0.25) is 5.91 Å². The van der Waals surface area contributed by atoms with Gasteiger partial charge in [0, 0.05) is 25.3 Å². The average Bonchev–Trinajstić information content (AvgIpc) is 3.59. The highest BCUT2D eigenvalue weighted by Gasteiger charge is 2.68. The first kappa shape index (κ1) is 28.1. The van der Waals surface area contributed by atoms with Crippen molar-refractivity contribution >= 4 is 11.6 Å². The molecule has 0 atom stereocenters. The maximum atomic E-state index is 13.1. The van der Waals surface area contributed by atoms with Crippen molar-refractivity contribution in [3.63, 3.8) is 0 Å². The Labute approximate surface area is 201 Å². The Hall–Kier alpha value is -2.44. The zero-order valence-corrected chi connectivity index (χ0v) is 19.1. The van der Waals surface area contributed by atoms with Crippen LogP contribution in [0.25, 0.3) is 5.70 Å². The van der Waals surface area contributed by atoms with Crippen molar-refractivity contribution in [1.82, 2.24) is 15.5 Å². The number of nitrogens with zero attached hydrogens (tertiary/aromatic N) is 1. The molecule has 1 amide bonds. The topological polar surface area (TPSA) is 44.4 Å². The van der Waals surface area contributed by atoms with Gasteiger partial charge in [0.1, 0.15) is 5.41 Å². The second-order valence-electron chi connectivity index (χ2n) is 9.27. The molecule has 0 spiro atoms. The highest BCUT2D eigenvalue weighted by atomic mass is 19.4. The minimum Gasteiger partial charge on any atom is -0.385 e. The van der Waals surface area contributed by atoms with E-state index in [4.69, 9.17) is 0 Å². The van der Waals surface area contributed by atoms with Crippen LogP contribution in [0.3, 0.4) is 0 Å². The van der Waals surface area contributed by atoms with Crippen molar-refractivity contribution in [2.75, 3.05) is 32.7 Å². The predicted octanol–water partition coefficient (Wildman–Crippen LogP) is 5.46. The molecular formula is C23H26F9N3O. The molecule has 202 valence electrons. The zero-order valence-electron chi connectivity index (χ0n) is 19.1. The third-order valence-corrected chi connectivity index (χ3v) is 6.69. The Kier molecular flexibility index (Phi) is 7.92. The van der Waals surface area contributed by atoms with E-state index >= 15 is 0 Å². The smallest absolute Gasteiger partial charge is 0.385 e. The first-order valence-corrected chi connectivity index (χ1v) is 11.3. The average molecular weight is 531 g/mol. The van der Waals surface area contributed by atoms with Crippen LogP contribution in [-0.2, 0) is 17.1 Å². The molecule has 3 rings (SSSR count). The molecule has 0 aromatic heterocycles. The largest absolute Gasteiger partial charge is 0.416 e. The summed E-state index contributed by atoms with van der Waals surface area (Å²) in [6, 6.07) is 1.29. The number of rotatable bonds is 8. The lowest BCUT2D eigenvalue weighted by atomic mass is 9.96. The molecule has 13 heteroatoms. The van der Waals surface area contributed by atoms with Crippen LogP contribution in [0.1, 0.15) is 42.4 Å². The highest BCUT2D eigenvalue weighted by Crippen LogP contribution is 2.57. The van der Waals surface area contributed by atoms with Crippen molar-refractivity contribution in [3.05, 3.63) is 41.5 Å². The third kappa shape index (κ3) is 6.65. The summed E-state index contributed by atoms with van der Waals surface area (Å²) in [6.45, 7) is 5.50. The Morgan fingerprint density at radius 1 is 0.917 bits per heavy atom. The standard InChI is InChI=1S/C23H26F9N3O/c1-14(16-10-17(21(24,25)26)12-18(11-16)22(27,28)29)34-13-15-2-7-35(8-3-15)9-6-33-19(36)20(4-5-20)23(30,31)32/h10-12,15,34H,1-9,13H2,(H,33,36). The number of benzene rings is 1. The SMILES string of the molecule is C=C(NCC1CCN(CCNC(=O)C2(C(F)(F)F)CC2)CC1)c1cc(C(F)(F)F)cc(C(F)(F)F)c1. The fourth-order valence-electron chi connectivity index (χ4n) is 4.17. The van der Waals surface area contributed by atoms with Gasteiger partial charge in [0.15, 0.2) is 0 Å². The van der Waals surface area contributed by atoms with Crippen molar-refractivity contribution < 1.29 is 44.3 Å². The fourth-order valence-corrected chi connectivity index (χ4v) is 4.17. The van der Waals surface area contributed by atoms with E-state index in [0.29, 0.717) is 44.6 Å². The molecule has 1 aliphatic heterocycles. The minimum atomic E-state index is -4.95. The number of piperidine rings is 1. The molecule has 2 aliphatic rings. The van der Waals surface area contributed by atoms with Crippen molar-refractivity contribution in [2.45, 2.75) is 44.2 Å². The van der Waals surface area contributed by atoms with E-state index in [2.05, 4.69) is 17.2 Å². The summed E-state index contributed by atoms with van der Waals surface area (Å²) in [5, 5.41) is 5.18. The van der Waals surface area contributed by atoms with Crippen LogP contribution < -0.4 is 10.6 Å². The summed E-state index contributed by atoms with van der Waals surface area (Å²) in [4.78, 5) is 13.9. The molecule has 0 radical (unpaired) electrons. The van der Waals surface area contributed by atoms with Gasteiger partial charge in [-0.25, -0.2) is 0 Å². The number of amides is 1. The molecule has 4 nitrogen and oxygen atoms in total. The molecule has 0 bridgehead atoms. The molecule has 2 N–H and O–H groups in total. The van der Waals surface area contributed by atoms with Gasteiger partial charge in [0.05, 0.1) is 11.1 Å². The highest BCUT2D eigenvalue weighted by molar-refractivity contribution is 5.86. The normalized spacial score (nSPS) is 19.1. The number of hydrogen-bond acceptors (Lipinski definition) is 3. The molecule has 1 saturated carbocycles. The lowest BCUT2D eigenvalue weighted by Gasteiger charge is -2.32. The Bertz CT molecular complexity index is 925. The fraction of sp³-hybridized carbons (Fsp3) is 0.609. The lowest BCUT2D eigenvalue weighted by molar-refractivity contribution is -0.192. The van der Waals surface area contributed by atoms with Gasteiger partial charge in [-0.15, -0.1) is 0 Å². The van der Waals surface area contributed by atoms with Crippen LogP contribution in [-0.4, -0.2) is 49.7 Å². The molecule has 1 aromatic carbocycles.